The number of amides is 2. The molecule has 6 heteroatoms. The lowest BCUT2D eigenvalue weighted by Crippen LogP contribution is -2.48. The second-order valence-corrected chi connectivity index (χ2v) is 7.81. The topological polar surface area (TPSA) is 76.7 Å². The highest BCUT2D eigenvalue weighted by atomic mass is 16.7. The summed E-state index contributed by atoms with van der Waals surface area (Å²) >= 11 is 0. The van der Waals surface area contributed by atoms with Crippen molar-refractivity contribution in [2.75, 3.05) is 6.79 Å². The summed E-state index contributed by atoms with van der Waals surface area (Å²) in [6, 6.07) is 12.1. The van der Waals surface area contributed by atoms with Gasteiger partial charge in [0, 0.05) is 5.56 Å². The molecule has 2 amide bonds. The number of ether oxygens (including phenoxy) is 2. The Balaban J connectivity index is 1.70. The molecule has 0 aliphatic carbocycles. The SMILES string of the molecule is Cc1ccccc1C(=O)N[C@H](CC(C)C)C(=O)N[C@H](C)c1ccc2c(c1)OCO2. The van der Waals surface area contributed by atoms with Crippen LogP contribution in [0.15, 0.2) is 42.5 Å². The van der Waals surface area contributed by atoms with Crippen molar-refractivity contribution in [3.63, 3.8) is 0 Å². The zero-order valence-corrected chi connectivity index (χ0v) is 17.3. The molecule has 1 heterocycles. The van der Waals surface area contributed by atoms with E-state index in [1.54, 1.807) is 6.07 Å². The maximum atomic E-state index is 13.0. The molecule has 0 fully saturated rings. The molecule has 2 atom stereocenters. The highest BCUT2D eigenvalue weighted by molar-refractivity contribution is 5.98. The van der Waals surface area contributed by atoms with Crippen LogP contribution in [0, 0.1) is 12.8 Å². The Hall–Kier alpha value is -3.02. The molecule has 0 bridgehead atoms. The van der Waals surface area contributed by atoms with E-state index in [1.165, 1.54) is 0 Å². The highest BCUT2D eigenvalue weighted by Crippen LogP contribution is 2.34. The molecule has 0 saturated carbocycles. The normalized spacial score (nSPS) is 14.4. The average molecular weight is 396 g/mol. The van der Waals surface area contributed by atoms with Crippen LogP contribution in [0.2, 0.25) is 0 Å². The van der Waals surface area contributed by atoms with E-state index < -0.39 is 6.04 Å². The predicted octanol–water partition coefficient (Wildman–Crippen LogP) is 3.75. The van der Waals surface area contributed by atoms with Gasteiger partial charge in [-0.25, -0.2) is 0 Å². The molecular formula is C23H28N2O4. The van der Waals surface area contributed by atoms with E-state index in [-0.39, 0.29) is 30.6 Å². The van der Waals surface area contributed by atoms with Crippen LogP contribution >= 0.6 is 0 Å². The minimum absolute atomic E-state index is 0.203. The van der Waals surface area contributed by atoms with Crippen molar-refractivity contribution in [2.24, 2.45) is 5.92 Å². The summed E-state index contributed by atoms with van der Waals surface area (Å²) < 4.78 is 10.7. The number of carbonyl (C=O) groups is 2. The first-order valence-corrected chi connectivity index (χ1v) is 9.91. The van der Waals surface area contributed by atoms with Crippen LogP contribution in [-0.2, 0) is 4.79 Å². The molecule has 2 aromatic carbocycles. The molecule has 1 aliphatic rings. The van der Waals surface area contributed by atoms with Gasteiger partial charge in [-0.3, -0.25) is 9.59 Å². The Morgan fingerprint density at radius 3 is 2.45 bits per heavy atom. The first kappa shape index (κ1) is 20.7. The van der Waals surface area contributed by atoms with E-state index in [1.807, 2.05) is 64.1 Å². The standard InChI is InChI=1S/C23H28N2O4/c1-14(2)11-19(25-22(26)18-8-6-5-7-15(18)3)23(27)24-16(4)17-9-10-20-21(12-17)29-13-28-20/h5-10,12,14,16,19H,11,13H2,1-4H3,(H,24,27)(H,25,26)/t16-,19-/m1/s1. The van der Waals surface area contributed by atoms with Crippen LogP contribution in [0.4, 0.5) is 0 Å². The number of aryl methyl sites for hydroxylation is 1. The molecule has 0 radical (unpaired) electrons. The Bertz CT molecular complexity index is 894. The quantitative estimate of drug-likeness (QED) is 0.747. The first-order valence-electron chi connectivity index (χ1n) is 9.91. The van der Waals surface area contributed by atoms with Crippen molar-refractivity contribution in [3.05, 3.63) is 59.2 Å². The van der Waals surface area contributed by atoms with E-state index in [9.17, 15) is 9.59 Å². The number of benzene rings is 2. The maximum Gasteiger partial charge on any atom is 0.252 e. The molecule has 0 spiro atoms. The van der Waals surface area contributed by atoms with Gasteiger partial charge >= 0.3 is 0 Å². The number of rotatable bonds is 7. The van der Waals surface area contributed by atoms with Crippen molar-refractivity contribution >= 4 is 11.8 Å². The summed E-state index contributed by atoms with van der Waals surface area (Å²) in [4.78, 5) is 25.7. The first-order chi connectivity index (χ1) is 13.8. The van der Waals surface area contributed by atoms with Crippen molar-refractivity contribution in [1.29, 1.82) is 0 Å². The van der Waals surface area contributed by atoms with Gasteiger partial charge in [0.2, 0.25) is 12.7 Å². The number of hydrogen-bond donors (Lipinski definition) is 2. The molecule has 2 aromatic rings. The van der Waals surface area contributed by atoms with Crippen LogP contribution in [-0.4, -0.2) is 24.6 Å². The summed E-state index contributed by atoms with van der Waals surface area (Å²) in [5.41, 5.74) is 2.37. The summed E-state index contributed by atoms with van der Waals surface area (Å²) in [7, 11) is 0. The minimum Gasteiger partial charge on any atom is -0.454 e. The van der Waals surface area contributed by atoms with E-state index in [4.69, 9.17) is 9.47 Å². The third-order valence-corrected chi connectivity index (χ3v) is 4.97. The van der Waals surface area contributed by atoms with Gasteiger partial charge in [-0.05, 0) is 55.5 Å². The van der Waals surface area contributed by atoms with Gasteiger partial charge in [-0.2, -0.15) is 0 Å². The molecule has 1 aliphatic heterocycles. The van der Waals surface area contributed by atoms with Crippen molar-refractivity contribution in [1.82, 2.24) is 10.6 Å². The second kappa shape index (κ2) is 8.99. The Kier molecular flexibility index (Phi) is 6.42. The molecule has 3 rings (SSSR count). The summed E-state index contributed by atoms with van der Waals surface area (Å²) in [5, 5.41) is 5.92. The fourth-order valence-electron chi connectivity index (χ4n) is 3.35. The second-order valence-electron chi connectivity index (χ2n) is 7.81. The number of fused-ring (bicyclic) bond motifs is 1. The zero-order chi connectivity index (χ0) is 21.0. The van der Waals surface area contributed by atoms with Crippen molar-refractivity contribution in [2.45, 2.75) is 46.2 Å². The Morgan fingerprint density at radius 2 is 1.72 bits per heavy atom. The molecule has 0 saturated heterocycles. The van der Waals surface area contributed by atoms with E-state index in [2.05, 4.69) is 10.6 Å². The van der Waals surface area contributed by atoms with Gasteiger partial charge < -0.3 is 20.1 Å². The molecule has 2 N–H and O–H groups in total. The Morgan fingerprint density at radius 1 is 1.00 bits per heavy atom. The van der Waals surface area contributed by atoms with Crippen LogP contribution in [0.5, 0.6) is 11.5 Å². The third kappa shape index (κ3) is 5.08. The number of hydrogen-bond acceptors (Lipinski definition) is 4. The fourth-order valence-corrected chi connectivity index (χ4v) is 3.35. The minimum atomic E-state index is -0.612. The van der Waals surface area contributed by atoms with E-state index in [0.29, 0.717) is 23.5 Å². The van der Waals surface area contributed by atoms with Gasteiger partial charge in [0.05, 0.1) is 6.04 Å². The zero-order valence-electron chi connectivity index (χ0n) is 17.3. The summed E-state index contributed by atoms with van der Waals surface area (Å²) in [6.45, 7) is 8.06. The van der Waals surface area contributed by atoms with Crippen molar-refractivity contribution < 1.29 is 19.1 Å². The third-order valence-electron chi connectivity index (χ3n) is 4.97. The lowest BCUT2D eigenvalue weighted by atomic mass is 10.0. The average Bonchev–Trinajstić information content (AvgIpc) is 3.15. The van der Waals surface area contributed by atoms with Gasteiger partial charge in [0.1, 0.15) is 6.04 Å². The van der Waals surface area contributed by atoms with Gasteiger partial charge in [0.25, 0.3) is 5.91 Å². The van der Waals surface area contributed by atoms with Crippen LogP contribution < -0.4 is 20.1 Å². The highest BCUT2D eigenvalue weighted by Gasteiger charge is 2.25. The number of carbonyl (C=O) groups excluding carboxylic acids is 2. The monoisotopic (exact) mass is 396 g/mol. The van der Waals surface area contributed by atoms with Crippen LogP contribution in [0.1, 0.15) is 54.7 Å². The smallest absolute Gasteiger partial charge is 0.252 e. The van der Waals surface area contributed by atoms with Crippen LogP contribution in [0.25, 0.3) is 0 Å². The molecule has 154 valence electrons. The maximum absolute atomic E-state index is 13.0. The fraction of sp³-hybridized carbons (Fsp3) is 0.391. The molecule has 0 unspecified atom stereocenters. The molecular weight excluding hydrogens is 368 g/mol. The van der Waals surface area contributed by atoms with E-state index in [0.717, 1.165) is 11.1 Å². The van der Waals surface area contributed by atoms with Gasteiger partial charge in [-0.1, -0.05) is 38.1 Å². The summed E-state index contributed by atoms with van der Waals surface area (Å²) in [5.74, 6) is 1.19. The lowest BCUT2D eigenvalue weighted by molar-refractivity contribution is -0.124. The number of nitrogens with one attached hydrogen (secondary N) is 2. The summed E-state index contributed by atoms with van der Waals surface area (Å²) in [6.07, 6.45) is 0.553. The van der Waals surface area contributed by atoms with E-state index >= 15 is 0 Å². The molecule has 6 nitrogen and oxygen atoms in total. The largest absolute Gasteiger partial charge is 0.454 e. The lowest BCUT2D eigenvalue weighted by Gasteiger charge is -2.23. The predicted molar refractivity (Wildman–Crippen MR) is 111 cm³/mol. The van der Waals surface area contributed by atoms with Crippen molar-refractivity contribution in [3.8, 4) is 11.5 Å². The molecule has 0 aromatic heterocycles. The Labute approximate surface area is 171 Å². The van der Waals surface area contributed by atoms with Gasteiger partial charge in [-0.15, -0.1) is 0 Å². The van der Waals surface area contributed by atoms with Crippen LogP contribution in [0.3, 0.4) is 0 Å². The molecule has 29 heavy (non-hydrogen) atoms. The van der Waals surface area contributed by atoms with Gasteiger partial charge in [0.15, 0.2) is 11.5 Å².